The van der Waals surface area contributed by atoms with Crippen LogP contribution in [0.3, 0.4) is 0 Å². The summed E-state index contributed by atoms with van der Waals surface area (Å²) in [6.45, 7) is 1.17. The summed E-state index contributed by atoms with van der Waals surface area (Å²) in [7, 11) is -3.97. The molecule has 0 aliphatic rings. The molecule has 0 heterocycles. The lowest BCUT2D eigenvalue weighted by molar-refractivity contribution is -0.142. The topological polar surface area (TPSA) is 105 Å². The fourth-order valence-electron chi connectivity index (χ4n) is 4.04. The third-order valence-corrected chi connectivity index (χ3v) is 8.48. The number of carbonyl (C=O) groups excluding carboxylic acids is 2. The molecule has 230 valence electrons. The Bertz CT molecular complexity index is 1720. The molecule has 0 bridgehead atoms. The van der Waals surface area contributed by atoms with E-state index >= 15 is 0 Å². The number of carbonyl (C=O) groups is 2. The molecular formula is C31H27Cl2F2N3O5S. The molecule has 0 saturated carbocycles. The van der Waals surface area contributed by atoms with Gasteiger partial charge < -0.3 is 15.0 Å². The van der Waals surface area contributed by atoms with Gasteiger partial charge in [0.1, 0.15) is 23.4 Å². The first-order valence-corrected chi connectivity index (χ1v) is 15.4. The third-order valence-electron chi connectivity index (χ3n) is 6.49. The summed E-state index contributed by atoms with van der Waals surface area (Å²) < 4.78 is 60.0. The van der Waals surface area contributed by atoms with E-state index in [1.54, 1.807) is 25.1 Å². The van der Waals surface area contributed by atoms with E-state index in [4.69, 9.17) is 27.9 Å². The summed E-state index contributed by atoms with van der Waals surface area (Å²) >= 11 is 12.1. The molecule has 0 fully saturated rings. The van der Waals surface area contributed by atoms with Crippen molar-refractivity contribution in [3.8, 4) is 5.75 Å². The van der Waals surface area contributed by atoms with Crippen molar-refractivity contribution in [1.82, 2.24) is 10.2 Å². The quantitative estimate of drug-likeness (QED) is 0.189. The first-order valence-electron chi connectivity index (χ1n) is 13.2. The lowest BCUT2D eigenvalue weighted by Gasteiger charge is -2.29. The van der Waals surface area contributed by atoms with Crippen LogP contribution in [0.4, 0.5) is 14.5 Å². The zero-order valence-corrected chi connectivity index (χ0v) is 25.6. The number of anilines is 1. The lowest BCUT2D eigenvalue weighted by atomic mass is 10.1. The maximum Gasteiger partial charge on any atom is 0.261 e. The molecule has 0 aromatic heterocycles. The van der Waals surface area contributed by atoms with Crippen LogP contribution in [0.2, 0.25) is 10.0 Å². The second-order valence-corrected chi connectivity index (χ2v) is 12.2. The Labute approximate surface area is 263 Å². The molecular weight excluding hydrogens is 635 g/mol. The summed E-state index contributed by atoms with van der Waals surface area (Å²) in [4.78, 5) is 27.6. The van der Waals surface area contributed by atoms with Gasteiger partial charge in [-0.1, -0.05) is 41.4 Å². The maximum atomic E-state index is 13.5. The van der Waals surface area contributed by atoms with Crippen LogP contribution in [0.1, 0.15) is 18.1 Å². The molecule has 44 heavy (non-hydrogen) atoms. The number of sulfonamides is 1. The molecule has 2 N–H and O–H groups in total. The lowest BCUT2D eigenvalue weighted by Crippen LogP contribution is -2.48. The van der Waals surface area contributed by atoms with Crippen molar-refractivity contribution in [1.29, 1.82) is 0 Å². The van der Waals surface area contributed by atoms with E-state index in [2.05, 4.69) is 10.0 Å². The minimum absolute atomic E-state index is 0.00893. The Hall–Kier alpha value is -4.19. The predicted molar refractivity (Wildman–Crippen MR) is 164 cm³/mol. The Kier molecular flexibility index (Phi) is 10.8. The molecule has 2 amide bonds. The fraction of sp³-hybridized carbons (Fsp3) is 0.161. The van der Waals surface area contributed by atoms with Gasteiger partial charge in [0.05, 0.1) is 4.90 Å². The molecule has 13 heteroatoms. The summed E-state index contributed by atoms with van der Waals surface area (Å²) in [6, 6.07) is 19.6. The van der Waals surface area contributed by atoms with Crippen LogP contribution in [0.5, 0.6) is 5.75 Å². The Balaban J connectivity index is 1.42. The van der Waals surface area contributed by atoms with E-state index in [1.165, 1.54) is 65.6 Å². The van der Waals surface area contributed by atoms with Crippen LogP contribution >= 0.6 is 23.2 Å². The van der Waals surface area contributed by atoms with Crippen LogP contribution in [0.15, 0.2) is 95.9 Å². The molecule has 0 aliphatic heterocycles. The van der Waals surface area contributed by atoms with Crippen molar-refractivity contribution in [2.75, 3.05) is 11.3 Å². The van der Waals surface area contributed by atoms with Crippen LogP contribution in [0.25, 0.3) is 0 Å². The van der Waals surface area contributed by atoms with E-state index in [9.17, 15) is 26.8 Å². The molecule has 1 atom stereocenters. The smallest absolute Gasteiger partial charge is 0.261 e. The van der Waals surface area contributed by atoms with Gasteiger partial charge in [0, 0.05) is 28.8 Å². The van der Waals surface area contributed by atoms with Gasteiger partial charge in [-0.25, -0.2) is 17.2 Å². The van der Waals surface area contributed by atoms with E-state index in [0.29, 0.717) is 21.2 Å². The van der Waals surface area contributed by atoms with Gasteiger partial charge in [0.25, 0.3) is 15.9 Å². The Morgan fingerprint density at radius 3 is 2.11 bits per heavy atom. The Morgan fingerprint density at radius 1 is 0.886 bits per heavy atom. The highest BCUT2D eigenvalue weighted by Crippen LogP contribution is 2.22. The number of amides is 2. The average molecular weight is 663 g/mol. The SMILES string of the molecule is CC(C(=O)NCc1ccc(Cl)cc1Cl)N(Cc1ccc(F)cc1)C(=O)COc1ccc(S(=O)(=O)Nc2ccc(F)cc2)cc1. The van der Waals surface area contributed by atoms with Gasteiger partial charge in [-0.05, 0) is 90.8 Å². The van der Waals surface area contributed by atoms with Crippen molar-refractivity contribution in [2.24, 2.45) is 0 Å². The van der Waals surface area contributed by atoms with Crippen LogP contribution in [-0.2, 0) is 32.7 Å². The van der Waals surface area contributed by atoms with Gasteiger partial charge in [-0.15, -0.1) is 0 Å². The number of benzene rings is 4. The summed E-state index contributed by atoms with van der Waals surface area (Å²) in [5.74, 6) is -1.75. The summed E-state index contributed by atoms with van der Waals surface area (Å²) in [6.07, 6.45) is 0. The zero-order chi connectivity index (χ0) is 31.9. The molecule has 4 aromatic rings. The first-order chi connectivity index (χ1) is 20.9. The van der Waals surface area contributed by atoms with Gasteiger partial charge in [0.2, 0.25) is 5.91 Å². The maximum absolute atomic E-state index is 13.5. The molecule has 0 spiro atoms. The highest BCUT2D eigenvalue weighted by atomic mass is 35.5. The zero-order valence-electron chi connectivity index (χ0n) is 23.3. The fourth-order valence-corrected chi connectivity index (χ4v) is 5.57. The number of nitrogens with zero attached hydrogens (tertiary/aromatic N) is 1. The minimum atomic E-state index is -3.97. The highest BCUT2D eigenvalue weighted by Gasteiger charge is 2.27. The van der Waals surface area contributed by atoms with Crippen LogP contribution < -0.4 is 14.8 Å². The van der Waals surface area contributed by atoms with E-state index in [0.717, 1.165) is 12.1 Å². The van der Waals surface area contributed by atoms with Crippen molar-refractivity contribution >= 4 is 50.7 Å². The number of halogens is 4. The van der Waals surface area contributed by atoms with Gasteiger partial charge in [-0.3, -0.25) is 14.3 Å². The van der Waals surface area contributed by atoms with Gasteiger partial charge in [0.15, 0.2) is 6.61 Å². The molecule has 0 aliphatic carbocycles. The van der Waals surface area contributed by atoms with Gasteiger partial charge in [-0.2, -0.15) is 0 Å². The number of hydrogen-bond donors (Lipinski definition) is 2. The highest BCUT2D eigenvalue weighted by molar-refractivity contribution is 7.92. The van der Waals surface area contributed by atoms with Crippen molar-refractivity contribution in [3.63, 3.8) is 0 Å². The Morgan fingerprint density at radius 2 is 1.50 bits per heavy atom. The van der Waals surface area contributed by atoms with Crippen molar-refractivity contribution < 1.29 is 31.5 Å². The third kappa shape index (κ3) is 8.91. The monoisotopic (exact) mass is 661 g/mol. The summed E-state index contributed by atoms with van der Waals surface area (Å²) in [5, 5.41) is 3.59. The molecule has 0 radical (unpaired) electrons. The normalized spacial score (nSPS) is 11.8. The number of ether oxygens (including phenoxy) is 1. The largest absolute Gasteiger partial charge is 0.484 e. The predicted octanol–water partition coefficient (Wildman–Crippen LogP) is 6.18. The number of nitrogens with one attached hydrogen (secondary N) is 2. The average Bonchev–Trinajstić information content (AvgIpc) is 3.00. The molecule has 4 rings (SSSR count). The van der Waals surface area contributed by atoms with Crippen LogP contribution in [0, 0.1) is 11.6 Å². The van der Waals surface area contributed by atoms with Crippen molar-refractivity contribution in [3.05, 3.63) is 124 Å². The second kappa shape index (κ2) is 14.5. The molecule has 4 aromatic carbocycles. The number of hydrogen-bond acceptors (Lipinski definition) is 5. The van der Waals surface area contributed by atoms with Crippen molar-refractivity contribution in [2.45, 2.75) is 31.0 Å². The molecule has 0 saturated heterocycles. The first kappa shape index (κ1) is 32.7. The molecule has 1 unspecified atom stereocenters. The van der Waals surface area contributed by atoms with Crippen LogP contribution in [-0.4, -0.2) is 37.8 Å². The van der Waals surface area contributed by atoms with E-state index in [-0.39, 0.29) is 29.4 Å². The van der Waals surface area contributed by atoms with Gasteiger partial charge >= 0.3 is 0 Å². The number of rotatable bonds is 12. The molecule has 8 nitrogen and oxygen atoms in total. The van der Waals surface area contributed by atoms with E-state index < -0.39 is 46.1 Å². The summed E-state index contributed by atoms with van der Waals surface area (Å²) in [5.41, 5.74) is 1.41. The van der Waals surface area contributed by atoms with E-state index in [1.807, 2.05) is 0 Å². The minimum Gasteiger partial charge on any atom is -0.484 e. The standard InChI is InChI=1S/C31H27Cl2F2N3O5S/c1-20(31(40)36-17-22-4-5-23(32)16-29(22)33)38(18-21-2-6-24(34)7-3-21)30(39)19-43-27-12-14-28(15-13-27)44(41,42)37-26-10-8-25(35)9-11-26/h2-16,20,37H,17-19H2,1H3,(H,36,40). The second-order valence-electron chi connectivity index (χ2n) is 9.65.